The molecule has 3 aromatic carbocycles. The van der Waals surface area contributed by atoms with Crippen molar-refractivity contribution in [2.45, 2.75) is 12.7 Å². The summed E-state index contributed by atoms with van der Waals surface area (Å²) in [6.45, 7) is -0.124. The maximum absolute atomic E-state index is 12.9. The topological polar surface area (TPSA) is 89.7 Å². The Kier molecular flexibility index (Phi) is 7.49. The predicted molar refractivity (Wildman–Crippen MR) is 133 cm³/mol. The highest BCUT2D eigenvalue weighted by Crippen LogP contribution is 2.39. The molecule has 0 bridgehead atoms. The van der Waals surface area contributed by atoms with Gasteiger partial charge in [-0.05, 0) is 59.8 Å². The number of ether oxygens (including phenoxy) is 1. The van der Waals surface area contributed by atoms with Gasteiger partial charge in [0.05, 0.1) is 21.9 Å². The van der Waals surface area contributed by atoms with Crippen LogP contribution in [0.2, 0.25) is 10.0 Å². The van der Waals surface area contributed by atoms with Gasteiger partial charge in [0.25, 0.3) is 11.1 Å². The van der Waals surface area contributed by atoms with E-state index in [1.165, 1.54) is 24.3 Å². The molecule has 13 heteroatoms. The van der Waals surface area contributed by atoms with E-state index in [1.54, 1.807) is 24.3 Å². The lowest BCUT2D eigenvalue weighted by atomic mass is 10.1. The molecule has 1 aliphatic heterocycles. The van der Waals surface area contributed by atoms with Gasteiger partial charge in [-0.2, -0.15) is 13.2 Å². The minimum absolute atomic E-state index is 0.0682. The number of hydrogen-bond donors (Lipinski definition) is 0. The summed E-state index contributed by atoms with van der Waals surface area (Å²) in [5.74, 6) is -0.901. The molecule has 0 saturated carbocycles. The summed E-state index contributed by atoms with van der Waals surface area (Å²) in [6.07, 6.45) is -3.34. The third-order valence-corrected chi connectivity index (χ3v) is 6.73. The van der Waals surface area contributed by atoms with Crippen LogP contribution in [0.5, 0.6) is 11.5 Å². The molecule has 190 valence electrons. The molecule has 7 nitrogen and oxygen atoms in total. The van der Waals surface area contributed by atoms with Crippen LogP contribution in [0.4, 0.5) is 23.7 Å². The highest BCUT2D eigenvalue weighted by molar-refractivity contribution is 8.18. The molecule has 1 aliphatic rings. The standard InChI is InChI=1S/C24H13Cl2F3N2O5S/c25-17-5-2-6-18(26)16(17)12-30-22(32)21(37-23(30)33)10-13-3-1-4-15(9-13)36-20-8-7-14(24(27,28)29)11-19(20)31(34)35/h1-11H,12H2/b21-10+. The number of alkyl halides is 3. The van der Waals surface area contributed by atoms with E-state index in [2.05, 4.69) is 0 Å². The largest absolute Gasteiger partial charge is 0.450 e. The third kappa shape index (κ3) is 5.90. The molecule has 0 radical (unpaired) electrons. The number of benzene rings is 3. The van der Waals surface area contributed by atoms with Crippen molar-refractivity contribution in [1.29, 1.82) is 0 Å². The Bertz CT molecular complexity index is 1440. The molecule has 0 N–H and O–H groups in total. The van der Waals surface area contributed by atoms with Crippen LogP contribution in [-0.2, 0) is 17.5 Å². The first-order valence-corrected chi connectivity index (χ1v) is 11.8. The Balaban J connectivity index is 1.57. The van der Waals surface area contributed by atoms with E-state index in [0.717, 1.165) is 11.0 Å². The van der Waals surface area contributed by atoms with E-state index in [1.807, 2.05) is 0 Å². The van der Waals surface area contributed by atoms with Crippen molar-refractivity contribution in [3.63, 3.8) is 0 Å². The first-order valence-electron chi connectivity index (χ1n) is 10.3. The number of halogens is 5. The molecule has 4 rings (SSSR count). The zero-order valence-corrected chi connectivity index (χ0v) is 20.6. The second kappa shape index (κ2) is 10.4. The lowest BCUT2D eigenvalue weighted by Crippen LogP contribution is -2.27. The van der Waals surface area contributed by atoms with Crippen molar-refractivity contribution in [2.24, 2.45) is 0 Å². The molecule has 37 heavy (non-hydrogen) atoms. The lowest BCUT2D eigenvalue weighted by Gasteiger charge is -2.14. The third-order valence-electron chi connectivity index (χ3n) is 5.12. The molecule has 0 aromatic heterocycles. The van der Waals surface area contributed by atoms with Gasteiger partial charge in [-0.25, -0.2) is 0 Å². The number of imide groups is 1. The molecule has 3 aromatic rings. The molecule has 0 atom stereocenters. The second-order valence-electron chi connectivity index (χ2n) is 7.58. The zero-order chi connectivity index (χ0) is 26.9. The zero-order valence-electron chi connectivity index (χ0n) is 18.3. The summed E-state index contributed by atoms with van der Waals surface area (Å²) in [7, 11) is 0. The maximum Gasteiger partial charge on any atom is 0.416 e. The van der Waals surface area contributed by atoms with Gasteiger partial charge in [0.15, 0.2) is 0 Å². The summed E-state index contributed by atoms with van der Waals surface area (Å²) in [5, 5.41) is 11.4. The first kappa shape index (κ1) is 26.5. The Morgan fingerprint density at radius 1 is 1.03 bits per heavy atom. The van der Waals surface area contributed by atoms with E-state index < -0.39 is 39.2 Å². The average Bonchev–Trinajstić information content (AvgIpc) is 3.08. The highest BCUT2D eigenvalue weighted by Gasteiger charge is 2.36. The van der Waals surface area contributed by atoms with Gasteiger partial charge in [-0.1, -0.05) is 41.4 Å². The fourth-order valence-corrected chi connectivity index (χ4v) is 4.70. The number of nitrogens with zero attached hydrogens (tertiary/aromatic N) is 2. The van der Waals surface area contributed by atoms with Crippen LogP contribution in [0, 0.1) is 10.1 Å². The van der Waals surface area contributed by atoms with Crippen molar-refractivity contribution in [3.05, 3.63) is 102 Å². The fourth-order valence-electron chi connectivity index (χ4n) is 3.35. The van der Waals surface area contributed by atoms with E-state index in [9.17, 15) is 32.9 Å². The van der Waals surface area contributed by atoms with E-state index in [-0.39, 0.29) is 17.2 Å². The normalized spacial score (nSPS) is 14.9. The van der Waals surface area contributed by atoms with Crippen molar-refractivity contribution in [2.75, 3.05) is 0 Å². The van der Waals surface area contributed by atoms with Crippen molar-refractivity contribution in [1.82, 2.24) is 4.90 Å². The van der Waals surface area contributed by atoms with E-state index >= 15 is 0 Å². The number of rotatable bonds is 6. The monoisotopic (exact) mass is 568 g/mol. The molecule has 2 amide bonds. The van der Waals surface area contributed by atoms with Gasteiger partial charge in [-0.15, -0.1) is 0 Å². The van der Waals surface area contributed by atoms with Crippen molar-refractivity contribution in [3.8, 4) is 11.5 Å². The molecule has 1 saturated heterocycles. The van der Waals surface area contributed by atoms with Crippen LogP contribution in [0.1, 0.15) is 16.7 Å². The number of carbonyl (C=O) groups excluding carboxylic acids is 2. The van der Waals surface area contributed by atoms with Gasteiger partial charge in [-0.3, -0.25) is 24.6 Å². The van der Waals surface area contributed by atoms with Crippen LogP contribution in [-0.4, -0.2) is 21.0 Å². The van der Waals surface area contributed by atoms with Crippen LogP contribution < -0.4 is 4.74 Å². The predicted octanol–water partition coefficient (Wildman–Crippen LogP) is 7.95. The Hall–Kier alpha value is -3.54. The lowest BCUT2D eigenvalue weighted by molar-refractivity contribution is -0.385. The van der Waals surface area contributed by atoms with Gasteiger partial charge >= 0.3 is 11.9 Å². The number of nitro benzene ring substituents is 1. The van der Waals surface area contributed by atoms with Crippen LogP contribution in [0.25, 0.3) is 6.08 Å². The number of hydrogen-bond acceptors (Lipinski definition) is 6. The molecular weight excluding hydrogens is 556 g/mol. The molecule has 1 fully saturated rings. The summed E-state index contributed by atoms with van der Waals surface area (Å²) in [4.78, 5) is 36.8. The van der Waals surface area contributed by atoms with E-state index in [0.29, 0.717) is 45.1 Å². The number of amides is 2. The number of thioether (sulfide) groups is 1. The smallest absolute Gasteiger partial charge is 0.416 e. The molecule has 0 aliphatic carbocycles. The Morgan fingerprint density at radius 2 is 1.70 bits per heavy atom. The second-order valence-corrected chi connectivity index (χ2v) is 9.39. The summed E-state index contributed by atoms with van der Waals surface area (Å²) in [6, 6.07) is 12.7. The molecule has 1 heterocycles. The minimum Gasteiger partial charge on any atom is -0.450 e. The summed E-state index contributed by atoms with van der Waals surface area (Å²) < 4.78 is 44.3. The molecule has 0 unspecified atom stereocenters. The van der Waals surface area contributed by atoms with Gasteiger partial charge in [0, 0.05) is 21.7 Å². The summed E-state index contributed by atoms with van der Waals surface area (Å²) in [5.41, 5.74) is -1.22. The Morgan fingerprint density at radius 3 is 2.35 bits per heavy atom. The number of nitro groups is 1. The highest BCUT2D eigenvalue weighted by atomic mass is 35.5. The van der Waals surface area contributed by atoms with Crippen molar-refractivity contribution < 1.29 is 32.4 Å². The van der Waals surface area contributed by atoms with Crippen LogP contribution >= 0.6 is 35.0 Å². The maximum atomic E-state index is 12.9. The SMILES string of the molecule is O=C1S/C(=C/c2cccc(Oc3ccc(C(F)(F)F)cc3[N+](=O)[O-])c2)C(=O)N1Cc1c(Cl)cccc1Cl. The first-order chi connectivity index (χ1) is 17.4. The van der Waals surface area contributed by atoms with E-state index in [4.69, 9.17) is 27.9 Å². The van der Waals surface area contributed by atoms with Crippen LogP contribution in [0.15, 0.2) is 65.6 Å². The van der Waals surface area contributed by atoms with Gasteiger partial charge in [0.1, 0.15) is 5.75 Å². The number of carbonyl (C=O) groups is 2. The molecule has 0 spiro atoms. The van der Waals surface area contributed by atoms with Crippen molar-refractivity contribution >= 4 is 57.9 Å². The average molecular weight is 569 g/mol. The van der Waals surface area contributed by atoms with Gasteiger partial charge < -0.3 is 4.74 Å². The minimum atomic E-state index is -4.76. The van der Waals surface area contributed by atoms with Gasteiger partial charge in [0.2, 0.25) is 5.75 Å². The Labute approximate surface area is 221 Å². The fraction of sp³-hybridized carbons (Fsp3) is 0.0833. The quantitative estimate of drug-likeness (QED) is 0.170. The summed E-state index contributed by atoms with van der Waals surface area (Å²) >= 11 is 13.0. The molecular formula is C24H13Cl2F3N2O5S. The van der Waals surface area contributed by atoms with Crippen LogP contribution in [0.3, 0.4) is 0 Å².